The molecule has 0 amide bonds. The topological polar surface area (TPSA) is 46.5 Å². The van der Waals surface area contributed by atoms with Crippen molar-refractivity contribution >= 4 is 5.97 Å². The SMILES string of the molecule is C=CC.CC.CC1(C)C(O)CCC2(C)C1CCC1(C)C2CCC2C3CCCC3(C(=O)OCc3ccccc3)CC[C@]21C. The number of rotatable bonds is 3. The highest BCUT2D eigenvalue weighted by Crippen LogP contribution is 2.76. The van der Waals surface area contributed by atoms with Crippen molar-refractivity contribution in [2.24, 2.45) is 50.7 Å². The Morgan fingerprint density at radius 1 is 0.857 bits per heavy atom. The Morgan fingerprint density at radius 2 is 1.52 bits per heavy atom. The summed E-state index contributed by atoms with van der Waals surface area (Å²) in [7, 11) is 0. The van der Waals surface area contributed by atoms with Crippen LogP contribution in [0.15, 0.2) is 43.0 Å². The monoisotopic (exact) mass is 578 g/mol. The van der Waals surface area contributed by atoms with Crippen LogP contribution in [0.25, 0.3) is 0 Å². The summed E-state index contributed by atoms with van der Waals surface area (Å²) in [4.78, 5) is 13.8. The lowest BCUT2D eigenvalue weighted by Crippen LogP contribution is -2.66. The Balaban J connectivity index is 0.000000763. The van der Waals surface area contributed by atoms with Crippen molar-refractivity contribution in [3.05, 3.63) is 48.6 Å². The minimum Gasteiger partial charge on any atom is -0.460 e. The molecule has 0 heterocycles. The van der Waals surface area contributed by atoms with Crippen molar-refractivity contribution in [1.29, 1.82) is 0 Å². The molecule has 5 aliphatic carbocycles. The molecule has 0 bridgehead atoms. The van der Waals surface area contributed by atoms with Crippen molar-refractivity contribution < 1.29 is 14.6 Å². The maximum absolute atomic E-state index is 13.8. The molecular weight excluding hydrogens is 516 g/mol. The minimum absolute atomic E-state index is 0.00175. The maximum Gasteiger partial charge on any atom is 0.312 e. The van der Waals surface area contributed by atoms with Crippen LogP contribution in [0.2, 0.25) is 0 Å². The molecular formula is C39H62O3. The zero-order chi connectivity index (χ0) is 31.0. The van der Waals surface area contributed by atoms with Gasteiger partial charge in [-0.05, 0) is 122 Å². The van der Waals surface area contributed by atoms with Gasteiger partial charge in [0.25, 0.3) is 0 Å². The quantitative estimate of drug-likeness (QED) is 0.287. The Bertz CT molecular complexity index is 1080. The van der Waals surface area contributed by atoms with E-state index in [4.69, 9.17) is 4.74 Å². The van der Waals surface area contributed by atoms with Crippen molar-refractivity contribution in [2.45, 2.75) is 139 Å². The summed E-state index contributed by atoms with van der Waals surface area (Å²) in [6, 6.07) is 10.2. The van der Waals surface area contributed by atoms with E-state index >= 15 is 0 Å². The molecule has 0 spiro atoms. The van der Waals surface area contributed by atoms with E-state index in [-0.39, 0.29) is 28.3 Å². The van der Waals surface area contributed by atoms with Gasteiger partial charge in [-0.2, -0.15) is 0 Å². The Kier molecular flexibility index (Phi) is 9.84. The van der Waals surface area contributed by atoms with E-state index in [1.165, 1.54) is 44.9 Å². The molecule has 5 fully saturated rings. The predicted octanol–water partition coefficient (Wildman–Crippen LogP) is 10.2. The van der Waals surface area contributed by atoms with Crippen LogP contribution in [-0.4, -0.2) is 17.2 Å². The smallest absolute Gasteiger partial charge is 0.312 e. The van der Waals surface area contributed by atoms with Crippen LogP contribution in [-0.2, 0) is 16.1 Å². The van der Waals surface area contributed by atoms with E-state index in [1.54, 1.807) is 6.08 Å². The number of benzene rings is 1. The molecule has 3 heteroatoms. The Hall–Kier alpha value is -1.61. The van der Waals surface area contributed by atoms with Crippen LogP contribution in [0.4, 0.5) is 0 Å². The van der Waals surface area contributed by atoms with Gasteiger partial charge in [0.05, 0.1) is 11.5 Å². The van der Waals surface area contributed by atoms with Crippen LogP contribution in [0.5, 0.6) is 0 Å². The second kappa shape index (κ2) is 12.4. The number of ether oxygens (including phenoxy) is 1. The van der Waals surface area contributed by atoms with Crippen molar-refractivity contribution in [1.82, 2.24) is 0 Å². The molecule has 1 aromatic carbocycles. The van der Waals surface area contributed by atoms with Gasteiger partial charge in [0.1, 0.15) is 6.61 Å². The van der Waals surface area contributed by atoms with E-state index in [0.29, 0.717) is 41.1 Å². The standard InChI is InChI=1S/C34H50O3.C3H6.C2H6/c1-30(2)26-15-19-33(5)27(31(26,3)18-16-28(30)35)14-13-24-25-12-9-17-34(25,21-20-32(24,33)4)29(36)37-22-23-10-7-6-8-11-23;1-3-2;1-2/h6-8,10-11,24-28,35H,9,12-22H2,1-5H3;3H,1H2,2H3;1-2H3/t24?,25?,26?,27?,28?,31?,32-,33?,34?;;/m1../s1. The summed E-state index contributed by atoms with van der Waals surface area (Å²) in [5.74, 6) is 2.50. The van der Waals surface area contributed by atoms with Crippen molar-refractivity contribution in [2.75, 3.05) is 0 Å². The van der Waals surface area contributed by atoms with E-state index < -0.39 is 0 Å². The molecule has 8 unspecified atom stereocenters. The van der Waals surface area contributed by atoms with Crippen LogP contribution in [0.3, 0.4) is 0 Å². The van der Waals surface area contributed by atoms with E-state index in [2.05, 4.69) is 53.3 Å². The number of esters is 1. The summed E-state index contributed by atoms with van der Waals surface area (Å²) >= 11 is 0. The molecule has 3 nitrogen and oxygen atoms in total. The third-order valence-electron chi connectivity index (χ3n) is 14.0. The number of hydrogen-bond acceptors (Lipinski definition) is 3. The molecule has 5 saturated carbocycles. The highest BCUT2D eigenvalue weighted by atomic mass is 16.5. The first-order valence-electron chi connectivity index (χ1n) is 17.4. The number of carbonyl (C=O) groups excluding carboxylic acids is 1. The molecule has 0 aromatic heterocycles. The highest BCUT2D eigenvalue weighted by Gasteiger charge is 2.70. The molecule has 0 aliphatic heterocycles. The lowest BCUT2D eigenvalue weighted by atomic mass is 9.32. The fourth-order valence-corrected chi connectivity index (χ4v) is 11.8. The lowest BCUT2D eigenvalue weighted by Gasteiger charge is -2.72. The van der Waals surface area contributed by atoms with Crippen molar-refractivity contribution in [3.8, 4) is 0 Å². The van der Waals surface area contributed by atoms with Gasteiger partial charge < -0.3 is 9.84 Å². The third-order valence-corrected chi connectivity index (χ3v) is 14.0. The average molecular weight is 579 g/mol. The normalized spacial score (nSPS) is 42.9. The van der Waals surface area contributed by atoms with Gasteiger partial charge in [-0.1, -0.05) is 91.3 Å². The first-order valence-corrected chi connectivity index (χ1v) is 17.4. The lowest BCUT2D eigenvalue weighted by molar-refractivity contribution is -0.247. The van der Waals surface area contributed by atoms with Gasteiger partial charge in [-0.15, -0.1) is 6.58 Å². The van der Waals surface area contributed by atoms with Crippen LogP contribution < -0.4 is 0 Å². The first kappa shape index (κ1) is 33.3. The fourth-order valence-electron chi connectivity index (χ4n) is 11.8. The number of aliphatic hydroxyl groups is 1. The highest BCUT2D eigenvalue weighted by molar-refractivity contribution is 5.78. The van der Waals surface area contributed by atoms with Gasteiger partial charge >= 0.3 is 5.97 Å². The molecule has 6 rings (SSSR count). The summed E-state index contributed by atoms with van der Waals surface area (Å²) in [6.45, 7) is 22.2. The van der Waals surface area contributed by atoms with Gasteiger partial charge in [0.15, 0.2) is 0 Å². The van der Waals surface area contributed by atoms with E-state index in [9.17, 15) is 9.90 Å². The predicted molar refractivity (Wildman–Crippen MR) is 175 cm³/mol. The van der Waals surface area contributed by atoms with E-state index in [1.807, 2.05) is 39.0 Å². The molecule has 9 atom stereocenters. The first-order chi connectivity index (χ1) is 19.9. The largest absolute Gasteiger partial charge is 0.460 e. The summed E-state index contributed by atoms with van der Waals surface area (Å²) in [5.41, 5.74) is 1.72. The zero-order valence-corrected chi connectivity index (χ0v) is 28.3. The van der Waals surface area contributed by atoms with Gasteiger partial charge in [-0.3, -0.25) is 4.79 Å². The van der Waals surface area contributed by atoms with Crippen LogP contribution in [0.1, 0.15) is 132 Å². The molecule has 5 aliphatic rings. The van der Waals surface area contributed by atoms with Gasteiger partial charge in [0, 0.05) is 0 Å². The number of hydrogen-bond donors (Lipinski definition) is 1. The summed E-state index contributed by atoms with van der Waals surface area (Å²) in [6.07, 6.45) is 14.3. The third kappa shape index (κ3) is 5.02. The van der Waals surface area contributed by atoms with Crippen LogP contribution >= 0.6 is 0 Å². The molecule has 1 aromatic rings. The number of carbonyl (C=O) groups is 1. The Labute approximate surface area is 258 Å². The van der Waals surface area contributed by atoms with E-state index in [0.717, 1.165) is 31.2 Å². The number of fused-ring (bicyclic) bond motifs is 7. The minimum atomic E-state index is -0.264. The van der Waals surface area contributed by atoms with Crippen molar-refractivity contribution in [3.63, 3.8) is 0 Å². The molecule has 0 saturated heterocycles. The molecule has 0 radical (unpaired) electrons. The number of aliphatic hydroxyl groups excluding tert-OH is 1. The summed E-state index contributed by atoms with van der Waals surface area (Å²) in [5, 5.41) is 10.9. The van der Waals surface area contributed by atoms with Gasteiger partial charge in [-0.25, -0.2) is 0 Å². The Morgan fingerprint density at radius 3 is 2.19 bits per heavy atom. The molecule has 42 heavy (non-hydrogen) atoms. The van der Waals surface area contributed by atoms with Gasteiger partial charge in [0.2, 0.25) is 0 Å². The zero-order valence-electron chi connectivity index (χ0n) is 28.3. The summed E-state index contributed by atoms with van der Waals surface area (Å²) < 4.78 is 6.07. The average Bonchev–Trinajstić information content (AvgIpc) is 3.42. The fraction of sp³-hybridized carbons (Fsp3) is 0.769. The second-order valence-electron chi connectivity index (χ2n) is 15.7. The molecule has 236 valence electrons. The maximum atomic E-state index is 13.8. The molecule has 1 N–H and O–H groups in total. The number of allylic oxidation sites excluding steroid dienone is 1. The van der Waals surface area contributed by atoms with Crippen LogP contribution in [0, 0.1) is 50.7 Å². The second-order valence-corrected chi connectivity index (χ2v) is 15.7.